The van der Waals surface area contributed by atoms with Gasteiger partial charge in [0.2, 0.25) is 10.9 Å². The summed E-state index contributed by atoms with van der Waals surface area (Å²) >= 11 is 5.84. The minimum absolute atomic E-state index is 0.0131. The quantitative estimate of drug-likeness (QED) is 0.769. The van der Waals surface area contributed by atoms with Crippen molar-refractivity contribution in [2.24, 2.45) is 7.05 Å². The fourth-order valence-corrected chi connectivity index (χ4v) is 2.63. The summed E-state index contributed by atoms with van der Waals surface area (Å²) in [6.45, 7) is -0.262. The minimum atomic E-state index is -3.86. The van der Waals surface area contributed by atoms with Crippen molar-refractivity contribution in [3.8, 4) is 0 Å². The fraction of sp³-hybridized carbons (Fsp3) is 0.556. The standard InChI is InChI=1S/C9H15ClN4O3S/c1-12(2)7(15)5-14(4)18(16,17)9-8(10)13(3)6-11-9/h6H,5H2,1-4H3. The average Bonchev–Trinajstić information content (AvgIpc) is 2.59. The van der Waals surface area contributed by atoms with Crippen LogP contribution in [0.15, 0.2) is 11.4 Å². The molecule has 9 heteroatoms. The van der Waals surface area contributed by atoms with Crippen LogP contribution in [0.3, 0.4) is 0 Å². The van der Waals surface area contributed by atoms with E-state index in [0.29, 0.717) is 0 Å². The highest BCUT2D eigenvalue weighted by Gasteiger charge is 2.28. The number of aryl methyl sites for hydroxylation is 1. The van der Waals surface area contributed by atoms with E-state index in [2.05, 4.69) is 4.98 Å². The zero-order valence-electron chi connectivity index (χ0n) is 10.6. The van der Waals surface area contributed by atoms with Gasteiger partial charge in [-0.2, -0.15) is 4.31 Å². The summed E-state index contributed by atoms with van der Waals surface area (Å²) in [5.41, 5.74) is 0. The molecule has 0 radical (unpaired) electrons. The normalized spacial score (nSPS) is 11.9. The number of amides is 1. The molecule has 7 nitrogen and oxygen atoms in total. The summed E-state index contributed by atoms with van der Waals surface area (Å²) in [5.74, 6) is -0.326. The molecule has 0 unspecified atom stereocenters. The molecule has 102 valence electrons. The van der Waals surface area contributed by atoms with Crippen LogP contribution in [0.2, 0.25) is 5.15 Å². The van der Waals surface area contributed by atoms with Gasteiger partial charge >= 0.3 is 0 Å². The van der Waals surface area contributed by atoms with E-state index in [-0.39, 0.29) is 22.6 Å². The maximum atomic E-state index is 12.1. The maximum absolute atomic E-state index is 12.1. The second-order valence-electron chi connectivity index (χ2n) is 4.00. The molecule has 0 fully saturated rings. The van der Waals surface area contributed by atoms with Crippen LogP contribution in [-0.2, 0) is 21.9 Å². The Labute approximate surface area is 111 Å². The number of carbonyl (C=O) groups is 1. The van der Waals surface area contributed by atoms with Crippen molar-refractivity contribution in [2.75, 3.05) is 27.7 Å². The molecule has 0 aliphatic carbocycles. The smallest absolute Gasteiger partial charge is 0.263 e. The van der Waals surface area contributed by atoms with E-state index in [1.54, 1.807) is 21.1 Å². The number of rotatable bonds is 4. The highest BCUT2D eigenvalue weighted by atomic mass is 35.5. The van der Waals surface area contributed by atoms with Crippen molar-refractivity contribution in [3.05, 3.63) is 11.5 Å². The van der Waals surface area contributed by atoms with Crippen LogP contribution < -0.4 is 0 Å². The molecule has 1 heterocycles. The zero-order valence-corrected chi connectivity index (χ0v) is 12.2. The van der Waals surface area contributed by atoms with Crippen LogP contribution in [0.5, 0.6) is 0 Å². The van der Waals surface area contributed by atoms with Gasteiger partial charge in [-0.15, -0.1) is 0 Å². The highest BCUT2D eigenvalue weighted by molar-refractivity contribution is 7.89. The first kappa shape index (κ1) is 14.9. The second-order valence-corrected chi connectivity index (χ2v) is 6.32. The van der Waals surface area contributed by atoms with Crippen LogP contribution >= 0.6 is 11.6 Å². The number of nitrogens with zero attached hydrogens (tertiary/aromatic N) is 4. The van der Waals surface area contributed by atoms with Crippen LogP contribution in [0.4, 0.5) is 0 Å². The van der Waals surface area contributed by atoms with Crippen LogP contribution in [0.1, 0.15) is 0 Å². The average molecular weight is 295 g/mol. The molecule has 0 saturated carbocycles. The van der Waals surface area contributed by atoms with E-state index in [1.165, 1.54) is 22.8 Å². The van der Waals surface area contributed by atoms with Crippen LogP contribution in [0, 0.1) is 0 Å². The topological polar surface area (TPSA) is 75.5 Å². The predicted octanol–water partition coefficient (Wildman–Crippen LogP) is -0.218. The molecule has 0 bridgehead atoms. The first-order chi connectivity index (χ1) is 8.17. The molecular weight excluding hydrogens is 280 g/mol. The lowest BCUT2D eigenvalue weighted by Gasteiger charge is -2.18. The third-order valence-corrected chi connectivity index (χ3v) is 4.64. The Balaban J connectivity index is 3.01. The summed E-state index contributed by atoms with van der Waals surface area (Å²) in [6, 6.07) is 0. The number of imidazole rings is 1. The van der Waals surface area contributed by atoms with Crippen LogP contribution in [0.25, 0.3) is 0 Å². The summed E-state index contributed by atoms with van der Waals surface area (Å²) in [5, 5.41) is -0.236. The van der Waals surface area contributed by atoms with Gasteiger partial charge in [-0.05, 0) is 0 Å². The minimum Gasteiger partial charge on any atom is -0.348 e. The van der Waals surface area contributed by atoms with Gasteiger partial charge in [-0.3, -0.25) is 4.79 Å². The van der Waals surface area contributed by atoms with Crippen molar-refractivity contribution < 1.29 is 13.2 Å². The van der Waals surface area contributed by atoms with E-state index >= 15 is 0 Å². The number of aromatic nitrogens is 2. The summed E-state index contributed by atoms with van der Waals surface area (Å²) < 4.78 is 26.5. The molecule has 0 N–H and O–H groups in total. The predicted molar refractivity (Wildman–Crippen MR) is 66.7 cm³/mol. The molecule has 1 aromatic rings. The SMILES string of the molecule is CN(C)C(=O)CN(C)S(=O)(=O)c1ncn(C)c1Cl. The number of hydrogen-bond donors (Lipinski definition) is 0. The lowest BCUT2D eigenvalue weighted by atomic mass is 10.5. The summed E-state index contributed by atoms with van der Waals surface area (Å²) in [7, 11) is 2.14. The van der Waals surface area contributed by atoms with E-state index in [9.17, 15) is 13.2 Å². The van der Waals surface area contributed by atoms with Gasteiger partial charge in [-0.1, -0.05) is 11.6 Å². The first-order valence-corrected chi connectivity index (χ1v) is 6.83. The van der Waals surface area contributed by atoms with Gasteiger partial charge in [-0.25, -0.2) is 13.4 Å². The zero-order chi connectivity index (χ0) is 14.1. The van der Waals surface area contributed by atoms with Gasteiger partial charge < -0.3 is 9.47 Å². The molecule has 1 amide bonds. The van der Waals surface area contributed by atoms with Crippen molar-refractivity contribution in [1.29, 1.82) is 0 Å². The Morgan fingerprint density at radius 3 is 2.39 bits per heavy atom. The van der Waals surface area contributed by atoms with Gasteiger partial charge in [0.1, 0.15) is 5.15 Å². The number of likely N-dealkylation sites (N-methyl/N-ethyl adjacent to an activating group) is 2. The first-order valence-electron chi connectivity index (χ1n) is 5.01. The number of hydrogen-bond acceptors (Lipinski definition) is 4. The lowest BCUT2D eigenvalue weighted by Crippen LogP contribution is -2.38. The van der Waals surface area contributed by atoms with Gasteiger partial charge in [0.05, 0.1) is 12.9 Å². The van der Waals surface area contributed by atoms with E-state index in [1.807, 2.05) is 0 Å². The largest absolute Gasteiger partial charge is 0.348 e. The van der Waals surface area contributed by atoms with Gasteiger partial charge in [0, 0.05) is 28.2 Å². The molecular formula is C9H15ClN4O3S. The molecule has 1 aromatic heterocycles. The Bertz CT molecular complexity index is 552. The van der Waals surface area contributed by atoms with E-state index in [0.717, 1.165) is 4.31 Å². The second kappa shape index (κ2) is 5.25. The Morgan fingerprint density at radius 1 is 1.44 bits per heavy atom. The fourth-order valence-electron chi connectivity index (χ4n) is 1.13. The molecule has 0 spiro atoms. The monoisotopic (exact) mass is 294 g/mol. The molecule has 0 aliphatic heterocycles. The molecule has 1 rings (SSSR count). The van der Waals surface area contributed by atoms with E-state index in [4.69, 9.17) is 11.6 Å². The van der Waals surface area contributed by atoms with Gasteiger partial charge in [0.15, 0.2) is 0 Å². The Morgan fingerprint density at radius 2 is 2.00 bits per heavy atom. The summed E-state index contributed by atoms with van der Waals surface area (Å²) in [6.07, 6.45) is 1.30. The van der Waals surface area contributed by atoms with Crippen molar-refractivity contribution >= 4 is 27.5 Å². The number of sulfonamides is 1. The number of carbonyl (C=O) groups excluding carboxylic acids is 1. The van der Waals surface area contributed by atoms with Crippen molar-refractivity contribution in [1.82, 2.24) is 18.8 Å². The maximum Gasteiger partial charge on any atom is 0.263 e. The highest BCUT2D eigenvalue weighted by Crippen LogP contribution is 2.21. The van der Waals surface area contributed by atoms with E-state index < -0.39 is 10.0 Å². The number of halogens is 1. The lowest BCUT2D eigenvalue weighted by molar-refractivity contribution is -0.128. The molecule has 0 atom stereocenters. The molecule has 18 heavy (non-hydrogen) atoms. The summed E-state index contributed by atoms with van der Waals surface area (Å²) in [4.78, 5) is 16.5. The molecule has 0 aromatic carbocycles. The third kappa shape index (κ3) is 2.82. The molecule has 0 saturated heterocycles. The Kier molecular flexibility index (Phi) is 4.36. The van der Waals surface area contributed by atoms with Gasteiger partial charge in [0.25, 0.3) is 10.0 Å². The van der Waals surface area contributed by atoms with Crippen LogP contribution in [-0.4, -0.2) is 60.8 Å². The Hall–Kier alpha value is -1.12. The van der Waals surface area contributed by atoms with Crippen molar-refractivity contribution in [3.63, 3.8) is 0 Å². The third-order valence-electron chi connectivity index (χ3n) is 2.35. The molecule has 0 aliphatic rings. The van der Waals surface area contributed by atoms with Crippen molar-refractivity contribution in [2.45, 2.75) is 5.03 Å².